The number of pyridine rings is 1. The zero-order valence-electron chi connectivity index (χ0n) is 16.3. The van der Waals surface area contributed by atoms with Gasteiger partial charge in [-0.2, -0.15) is 10.1 Å². The minimum absolute atomic E-state index is 0.181. The molecule has 7 nitrogen and oxygen atoms in total. The molecule has 0 bridgehead atoms. The van der Waals surface area contributed by atoms with Gasteiger partial charge in [-0.25, -0.2) is 23.1 Å². The number of benzene rings is 2. The lowest BCUT2D eigenvalue weighted by atomic mass is 10.2. The summed E-state index contributed by atoms with van der Waals surface area (Å²) >= 11 is 0. The summed E-state index contributed by atoms with van der Waals surface area (Å²) in [5.74, 6) is -0.148. The van der Waals surface area contributed by atoms with Crippen LogP contribution in [0.25, 0.3) is 22.6 Å². The monoisotopic (exact) mass is 417 g/mol. The molecule has 3 heterocycles. The van der Waals surface area contributed by atoms with Gasteiger partial charge in [-0.3, -0.25) is 0 Å². The lowest BCUT2D eigenvalue weighted by Gasteiger charge is -2.04. The molecular weight excluding hydrogens is 400 g/mol. The number of anilines is 1. The van der Waals surface area contributed by atoms with E-state index in [0.29, 0.717) is 28.3 Å². The van der Waals surface area contributed by atoms with Crippen molar-refractivity contribution in [3.05, 3.63) is 89.6 Å². The van der Waals surface area contributed by atoms with Crippen molar-refractivity contribution < 1.29 is 8.78 Å². The molecular formula is C22H17F2N7. The summed E-state index contributed by atoms with van der Waals surface area (Å²) in [7, 11) is 0. The normalized spacial score (nSPS) is 11.3. The van der Waals surface area contributed by atoms with E-state index < -0.39 is 0 Å². The van der Waals surface area contributed by atoms with Gasteiger partial charge in [-0.1, -0.05) is 30.3 Å². The molecule has 3 aromatic heterocycles. The van der Waals surface area contributed by atoms with Crippen LogP contribution in [-0.4, -0.2) is 29.5 Å². The zero-order valence-corrected chi connectivity index (χ0v) is 16.3. The number of nitrogen functional groups attached to an aromatic ring is 1. The first-order chi connectivity index (χ1) is 15.1. The number of aromatic nitrogens is 6. The Hall–Kier alpha value is -4.14. The van der Waals surface area contributed by atoms with Crippen molar-refractivity contribution in [1.82, 2.24) is 29.5 Å². The Balaban J connectivity index is 1.54. The van der Waals surface area contributed by atoms with Crippen molar-refractivity contribution in [2.75, 3.05) is 5.73 Å². The van der Waals surface area contributed by atoms with Gasteiger partial charge in [0.2, 0.25) is 11.8 Å². The van der Waals surface area contributed by atoms with E-state index >= 15 is 0 Å². The molecule has 0 atom stereocenters. The number of nitrogens with zero attached hydrogens (tertiary/aromatic N) is 6. The van der Waals surface area contributed by atoms with Gasteiger partial charge < -0.3 is 5.73 Å². The summed E-state index contributed by atoms with van der Waals surface area (Å²) < 4.78 is 30.8. The van der Waals surface area contributed by atoms with Gasteiger partial charge in [0.25, 0.3) is 0 Å². The maximum atomic E-state index is 14.2. The molecule has 31 heavy (non-hydrogen) atoms. The molecule has 0 aliphatic heterocycles. The van der Waals surface area contributed by atoms with Crippen LogP contribution in [0.1, 0.15) is 11.1 Å². The van der Waals surface area contributed by atoms with Crippen LogP contribution in [0.5, 0.6) is 0 Å². The summed E-state index contributed by atoms with van der Waals surface area (Å²) in [6, 6.07) is 16.4. The number of halogens is 2. The molecule has 154 valence electrons. The van der Waals surface area contributed by atoms with E-state index in [1.165, 1.54) is 22.9 Å². The molecule has 2 aromatic carbocycles. The lowest BCUT2D eigenvalue weighted by Crippen LogP contribution is -2.06. The topological polar surface area (TPSA) is 87.4 Å². The van der Waals surface area contributed by atoms with Crippen LogP contribution in [0.15, 0.2) is 66.9 Å². The van der Waals surface area contributed by atoms with Crippen LogP contribution in [0.2, 0.25) is 0 Å². The standard InChI is InChI=1S/C22H17F2N7/c23-16-7-3-5-14(11-16)12-31-22(25)27-20(29-31)19-17-8-4-10-26-21(17)30(28-19)13-15-6-1-2-9-18(15)24/h1-11H,12-13H2,(H2,25,27,29). The van der Waals surface area contributed by atoms with Crippen LogP contribution in [0, 0.1) is 11.6 Å². The highest BCUT2D eigenvalue weighted by molar-refractivity contribution is 5.89. The second kappa shape index (κ2) is 7.60. The number of nitrogens with two attached hydrogens (primary N) is 1. The molecule has 0 aliphatic rings. The Bertz CT molecular complexity index is 1390. The molecule has 0 aliphatic carbocycles. The van der Waals surface area contributed by atoms with Crippen molar-refractivity contribution in [3.8, 4) is 11.5 Å². The maximum Gasteiger partial charge on any atom is 0.219 e. The second-order valence-corrected chi connectivity index (χ2v) is 7.05. The van der Waals surface area contributed by atoms with Gasteiger partial charge in [0, 0.05) is 11.8 Å². The van der Waals surface area contributed by atoms with E-state index in [-0.39, 0.29) is 30.7 Å². The highest BCUT2D eigenvalue weighted by Gasteiger charge is 2.19. The number of hydrogen-bond donors (Lipinski definition) is 1. The molecule has 0 saturated heterocycles. The smallest absolute Gasteiger partial charge is 0.219 e. The van der Waals surface area contributed by atoms with E-state index in [4.69, 9.17) is 5.73 Å². The highest BCUT2D eigenvalue weighted by Crippen LogP contribution is 2.26. The Morgan fingerprint density at radius 1 is 0.871 bits per heavy atom. The Kier molecular flexibility index (Phi) is 4.62. The van der Waals surface area contributed by atoms with E-state index in [1.54, 1.807) is 47.3 Å². The molecule has 5 rings (SSSR count). The minimum atomic E-state index is -0.333. The molecule has 0 saturated carbocycles. The van der Waals surface area contributed by atoms with Gasteiger partial charge in [0.1, 0.15) is 17.3 Å². The van der Waals surface area contributed by atoms with E-state index in [2.05, 4.69) is 20.2 Å². The summed E-state index contributed by atoms with van der Waals surface area (Å²) in [4.78, 5) is 8.75. The first kappa shape index (κ1) is 18.9. The summed E-state index contributed by atoms with van der Waals surface area (Å²) in [6.45, 7) is 0.475. The van der Waals surface area contributed by atoms with Crippen LogP contribution in [0.4, 0.5) is 14.7 Å². The summed E-state index contributed by atoms with van der Waals surface area (Å²) in [5, 5.41) is 9.80. The van der Waals surface area contributed by atoms with E-state index in [1.807, 2.05) is 6.07 Å². The Labute approximate surface area is 175 Å². The maximum absolute atomic E-state index is 14.2. The van der Waals surface area contributed by atoms with Crippen molar-refractivity contribution in [1.29, 1.82) is 0 Å². The predicted molar refractivity (Wildman–Crippen MR) is 112 cm³/mol. The molecule has 0 fully saturated rings. The van der Waals surface area contributed by atoms with Gasteiger partial charge in [-0.15, -0.1) is 5.10 Å². The van der Waals surface area contributed by atoms with Gasteiger partial charge in [0.05, 0.1) is 18.5 Å². The first-order valence-electron chi connectivity index (χ1n) is 9.58. The zero-order chi connectivity index (χ0) is 21.4. The Morgan fingerprint density at radius 2 is 1.74 bits per heavy atom. The fraction of sp³-hybridized carbons (Fsp3) is 0.0909. The first-order valence-corrected chi connectivity index (χ1v) is 9.58. The number of fused-ring (bicyclic) bond motifs is 1. The summed E-state index contributed by atoms with van der Waals surface area (Å²) in [6.07, 6.45) is 1.65. The van der Waals surface area contributed by atoms with Gasteiger partial charge >= 0.3 is 0 Å². The SMILES string of the molecule is Nc1nc(-c2nn(Cc3ccccc3F)c3ncccc23)nn1Cc1cccc(F)c1. The van der Waals surface area contributed by atoms with Gasteiger partial charge in [0.15, 0.2) is 5.65 Å². The third-order valence-corrected chi connectivity index (χ3v) is 4.92. The van der Waals surface area contributed by atoms with Crippen LogP contribution >= 0.6 is 0 Å². The fourth-order valence-corrected chi connectivity index (χ4v) is 3.45. The molecule has 2 N–H and O–H groups in total. The van der Waals surface area contributed by atoms with Crippen LogP contribution < -0.4 is 5.73 Å². The number of rotatable bonds is 5. The third kappa shape index (κ3) is 3.61. The van der Waals surface area contributed by atoms with E-state index in [9.17, 15) is 8.78 Å². The fourth-order valence-electron chi connectivity index (χ4n) is 3.45. The second-order valence-electron chi connectivity index (χ2n) is 7.05. The average molecular weight is 417 g/mol. The predicted octanol–water partition coefficient (Wildman–Crippen LogP) is 3.65. The summed E-state index contributed by atoms with van der Waals surface area (Å²) in [5.41, 5.74) is 8.33. The van der Waals surface area contributed by atoms with Crippen LogP contribution in [-0.2, 0) is 13.1 Å². The van der Waals surface area contributed by atoms with Crippen molar-refractivity contribution in [2.45, 2.75) is 13.1 Å². The minimum Gasteiger partial charge on any atom is -0.368 e. The quantitative estimate of drug-likeness (QED) is 0.472. The lowest BCUT2D eigenvalue weighted by molar-refractivity contribution is 0.589. The van der Waals surface area contributed by atoms with E-state index in [0.717, 1.165) is 5.39 Å². The van der Waals surface area contributed by atoms with Gasteiger partial charge in [-0.05, 0) is 35.9 Å². The van der Waals surface area contributed by atoms with Crippen molar-refractivity contribution in [2.24, 2.45) is 0 Å². The molecule has 5 aromatic rings. The Morgan fingerprint density at radius 3 is 2.58 bits per heavy atom. The molecule has 0 spiro atoms. The van der Waals surface area contributed by atoms with Crippen molar-refractivity contribution >= 4 is 17.0 Å². The average Bonchev–Trinajstić information content (AvgIpc) is 3.30. The van der Waals surface area contributed by atoms with Crippen LogP contribution in [0.3, 0.4) is 0 Å². The molecule has 0 amide bonds. The molecule has 0 radical (unpaired) electrons. The third-order valence-electron chi connectivity index (χ3n) is 4.92. The van der Waals surface area contributed by atoms with Crippen molar-refractivity contribution in [3.63, 3.8) is 0 Å². The highest BCUT2D eigenvalue weighted by atomic mass is 19.1. The molecule has 0 unspecified atom stereocenters. The largest absolute Gasteiger partial charge is 0.368 e. The molecule has 9 heteroatoms. The number of hydrogen-bond acceptors (Lipinski definition) is 5.